The molecule has 3 rings (SSSR count). The molecule has 1 heterocycles. The molecule has 6 heteroatoms. The minimum Gasteiger partial charge on any atom is -0.494 e. The molecule has 1 aliphatic rings. The molecule has 1 amide bonds. The number of amides is 1. The zero-order chi connectivity index (χ0) is 22.4. The zero-order valence-electron chi connectivity index (χ0n) is 19.1. The quantitative estimate of drug-likeness (QED) is 0.372. The van der Waals surface area contributed by atoms with E-state index in [0.717, 1.165) is 48.7 Å². The van der Waals surface area contributed by atoms with E-state index in [1.807, 2.05) is 48.5 Å². The monoisotopic (exact) mass is 440 g/mol. The number of nitrogens with one attached hydrogen (secondary N) is 2. The van der Waals surface area contributed by atoms with E-state index in [4.69, 9.17) is 14.2 Å². The molecule has 1 unspecified atom stereocenters. The molecule has 32 heavy (non-hydrogen) atoms. The van der Waals surface area contributed by atoms with Crippen LogP contribution in [0.1, 0.15) is 51.9 Å². The van der Waals surface area contributed by atoms with E-state index in [2.05, 4.69) is 17.6 Å². The van der Waals surface area contributed by atoms with Gasteiger partial charge in [0.2, 0.25) is 5.91 Å². The number of hydrogen-bond acceptors (Lipinski definition) is 5. The highest BCUT2D eigenvalue weighted by atomic mass is 16.5. The fourth-order valence-electron chi connectivity index (χ4n) is 3.61. The van der Waals surface area contributed by atoms with Crippen LogP contribution in [0.25, 0.3) is 0 Å². The second kappa shape index (κ2) is 13.6. The molecule has 0 spiro atoms. The Kier molecular flexibility index (Phi) is 10.2. The summed E-state index contributed by atoms with van der Waals surface area (Å²) in [4.78, 5) is 12.4. The van der Waals surface area contributed by atoms with Crippen molar-refractivity contribution in [1.82, 2.24) is 0 Å². The summed E-state index contributed by atoms with van der Waals surface area (Å²) in [5, 5.41) is 6.07. The highest BCUT2D eigenvalue weighted by Gasteiger charge is 2.16. The average molecular weight is 441 g/mol. The van der Waals surface area contributed by atoms with Gasteiger partial charge >= 0.3 is 0 Å². The molecule has 0 bridgehead atoms. The fourth-order valence-corrected chi connectivity index (χ4v) is 3.61. The molecule has 6 nitrogen and oxygen atoms in total. The van der Waals surface area contributed by atoms with Crippen LogP contribution in [0.2, 0.25) is 0 Å². The van der Waals surface area contributed by atoms with E-state index in [-0.39, 0.29) is 18.6 Å². The third-order valence-electron chi connectivity index (χ3n) is 5.38. The Morgan fingerprint density at radius 3 is 2.53 bits per heavy atom. The largest absolute Gasteiger partial charge is 0.494 e. The molecule has 0 saturated carbocycles. The lowest BCUT2D eigenvalue weighted by molar-refractivity contribution is -0.114. The van der Waals surface area contributed by atoms with Gasteiger partial charge in [-0.2, -0.15) is 0 Å². The minimum atomic E-state index is -0.118. The number of hydrogen-bond donors (Lipinski definition) is 2. The van der Waals surface area contributed by atoms with Crippen LogP contribution in [0, 0.1) is 0 Å². The van der Waals surface area contributed by atoms with Gasteiger partial charge in [0, 0.05) is 30.1 Å². The number of rotatable bonds is 14. The first-order chi connectivity index (χ1) is 15.7. The van der Waals surface area contributed by atoms with Crippen molar-refractivity contribution < 1.29 is 19.0 Å². The summed E-state index contributed by atoms with van der Waals surface area (Å²) >= 11 is 0. The third-order valence-corrected chi connectivity index (χ3v) is 5.38. The van der Waals surface area contributed by atoms with Crippen LogP contribution in [-0.4, -0.2) is 38.4 Å². The highest BCUT2D eigenvalue weighted by molar-refractivity contribution is 5.93. The van der Waals surface area contributed by atoms with E-state index in [1.54, 1.807) is 0 Å². The second-order valence-electron chi connectivity index (χ2n) is 8.17. The van der Waals surface area contributed by atoms with E-state index < -0.39 is 0 Å². The standard InChI is InChI=1S/C26H36N2O4/c1-2-3-4-5-6-15-30-23-12-8-11-22(18-23)28-26(29)19-27-21-10-7-13-24(17-21)32-20-25-14-9-16-31-25/h7-8,10-13,17-18,25,27H,2-6,9,14-16,19-20H2,1H3,(H,28,29). The van der Waals surface area contributed by atoms with Gasteiger partial charge in [-0.05, 0) is 43.5 Å². The normalized spacial score (nSPS) is 15.3. The maximum Gasteiger partial charge on any atom is 0.243 e. The predicted molar refractivity (Wildman–Crippen MR) is 129 cm³/mol. The molecule has 0 aromatic heterocycles. The van der Waals surface area contributed by atoms with Gasteiger partial charge in [-0.3, -0.25) is 4.79 Å². The number of carbonyl (C=O) groups excluding carboxylic acids is 1. The van der Waals surface area contributed by atoms with Crippen molar-refractivity contribution >= 4 is 17.3 Å². The van der Waals surface area contributed by atoms with E-state index in [0.29, 0.717) is 13.2 Å². The van der Waals surface area contributed by atoms with Gasteiger partial charge in [0.25, 0.3) is 0 Å². The first-order valence-corrected chi connectivity index (χ1v) is 11.8. The Bertz CT molecular complexity index is 821. The van der Waals surface area contributed by atoms with E-state index >= 15 is 0 Å². The van der Waals surface area contributed by atoms with Gasteiger partial charge in [0.15, 0.2) is 0 Å². The number of anilines is 2. The summed E-state index contributed by atoms with van der Waals surface area (Å²) < 4.78 is 17.2. The summed E-state index contributed by atoms with van der Waals surface area (Å²) in [6, 6.07) is 15.2. The molecule has 1 fully saturated rings. The van der Waals surface area contributed by atoms with Crippen molar-refractivity contribution in [2.24, 2.45) is 0 Å². The average Bonchev–Trinajstić information content (AvgIpc) is 3.33. The number of benzene rings is 2. The summed E-state index contributed by atoms with van der Waals surface area (Å²) in [5.74, 6) is 1.43. The first-order valence-electron chi connectivity index (χ1n) is 11.8. The molecule has 1 aliphatic heterocycles. The Morgan fingerprint density at radius 2 is 1.75 bits per heavy atom. The Morgan fingerprint density at radius 1 is 1.00 bits per heavy atom. The zero-order valence-corrected chi connectivity index (χ0v) is 19.1. The van der Waals surface area contributed by atoms with Crippen molar-refractivity contribution in [3.8, 4) is 11.5 Å². The molecule has 0 aliphatic carbocycles. The van der Waals surface area contributed by atoms with Crippen molar-refractivity contribution in [3.63, 3.8) is 0 Å². The maximum atomic E-state index is 12.4. The molecule has 1 atom stereocenters. The van der Waals surface area contributed by atoms with E-state index in [9.17, 15) is 4.79 Å². The molecule has 2 aromatic carbocycles. The third kappa shape index (κ3) is 8.79. The van der Waals surface area contributed by atoms with Crippen LogP contribution in [0.5, 0.6) is 11.5 Å². The smallest absolute Gasteiger partial charge is 0.243 e. The van der Waals surface area contributed by atoms with Crippen molar-refractivity contribution in [1.29, 1.82) is 0 Å². The summed E-state index contributed by atoms with van der Waals surface area (Å²) in [6.07, 6.45) is 8.34. The van der Waals surface area contributed by atoms with Gasteiger partial charge < -0.3 is 24.8 Å². The van der Waals surface area contributed by atoms with Gasteiger partial charge in [-0.15, -0.1) is 0 Å². The summed E-state index contributed by atoms with van der Waals surface area (Å²) in [5.41, 5.74) is 1.57. The van der Waals surface area contributed by atoms with Crippen LogP contribution in [0.15, 0.2) is 48.5 Å². The van der Waals surface area contributed by atoms with Gasteiger partial charge in [0.05, 0.1) is 19.3 Å². The number of unbranched alkanes of at least 4 members (excludes halogenated alkanes) is 4. The maximum absolute atomic E-state index is 12.4. The van der Waals surface area contributed by atoms with Crippen LogP contribution in [-0.2, 0) is 9.53 Å². The van der Waals surface area contributed by atoms with E-state index in [1.165, 1.54) is 25.7 Å². The lowest BCUT2D eigenvalue weighted by atomic mass is 10.2. The molecule has 174 valence electrons. The Balaban J connectivity index is 1.38. The van der Waals surface area contributed by atoms with Crippen molar-refractivity contribution in [2.75, 3.05) is 37.0 Å². The van der Waals surface area contributed by atoms with Gasteiger partial charge in [-0.1, -0.05) is 44.7 Å². The van der Waals surface area contributed by atoms with Crippen LogP contribution >= 0.6 is 0 Å². The van der Waals surface area contributed by atoms with Gasteiger partial charge in [-0.25, -0.2) is 0 Å². The van der Waals surface area contributed by atoms with Crippen molar-refractivity contribution in [2.45, 2.75) is 58.0 Å². The number of carbonyl (C=O) groups is 1. The topological polar surface area (TPSA) is 68.8 Å². The molecular weight excluding hydrogens is 404 g/mol. The first kappa shape index (κ1) is 23.9. The SMILES string of the molecule is CCCCCCCOc1cccc(NC(=O)CNc2cccc(OCC3CCCO3)c2)c1. The minimum absolute atomic E-state index is 0.118. The van der Waals surface area contributed by atoms with Crippen LogP contribution < -0.4 is 20.1 Å². The fraction of sp³-hybridized carbons (Fsp3) is 0.500. The lowest BCUT2D eigenvalue weighted by Crippen LogP contribution is -2.21. The second-order valence-corrected chi connectivity index (χ2v) is 8.17. The lowest BCUT2D eigenvalue weighted by Gasteiger charge is -2.13. The van der Waals surface area contributed by atoms with Crippen molar-refractivity contribution in [3.05, 3.63) is 48.5 Å². The van der Waals surface area contributed by atoms with Crippen LogP contribution in [0.4, 0.5) is 11.4 Å². The van der Waals surface area contributed by atoms with Crippen LogP contribution in [0.3, 0.4) is 0 Å². The molecule has 2 N–H and O–H groups in total. The Hall–Kier alpha value is -2.73. The summed E-state index contributed by atoms with van der Waals surface area (Å²) in [7, 11) is 0. The number of ether oxygens (including phenoxy) is 3. The highest BCUT2D eigenvalue weighted by Crippen LogP contribution is 2.20. The molecule has 0 radical (unpaired) electrons. The van der Waals surface area contributed by atoms with Gasteiger partial charge in [0.1, 0.15) is 18.1 Å². The Labute approximate surface area is 191 Å². The molecular formula is C26H36N2O4. The summed E-state index contributed by atoms with van der Waals surface area (Å²) in [6.45, 7) is 4.46. The molecule has 1 saturated heterocycles. The predicted octanol–water partition coefficient (Wildman–Crippen LogP) is 5.64. The molecule has 2 aromatic rings.